The largest absolute Gasteiger partial charge is 0.345 e. The maximum absolute atomic E-state index is 13.8. The van der Waals surface area contributed by atoms with Crippen LogP contribution in [-0.4, -0.2) is 42.0 Å². The Labute approximate surface area is 140 Å². The number of para-hydroxylation sites is 1. The Morgan fingerprint density at radius 1 is 1.13 bits per heavy atom. The van der Waals surface area contributed by atoms with E-state index in [-0.39, 0.29) is 11.7 Å². The SMILES string of the molecule is O=C(c1cccs1)N1CCN(c2nc3c(F)cccc3s2)CC1. The molecule has 1 aromatic carbocycles. The number of nitrogens with zero attached hydrogens (tertiary/aromatic N) is 3. The number of hydrogen-bond acceptors (Lipinski definition) is 5. The normalized spacial score (nSPS) is 15.3. The average Bonchev–Trinajstić information content (AvgIpc) is 3.24. The highest BCUT2D eigenvalue weighted by Crippen LogP contribution is 2.30. The maximum Gasteiger partial charge on any atom is 0.264 e. The number of thiophene rings is 1. The second-order valence-electron chi connectivity index (χ2n) is 5.34. The van der Waals surface area contributed by atoms with E-state index < -0.39 is 0 Å². The van der Waals surface area contributed by atoms with Crippen LogP contribution in [0.1, 0.15) is 9.67 Å². The van der Waals surface area contributed by atoms with E-state index in [1.54, 1.807) is 6.07 Å². The second-order valence-corrected chi connectivity index (χ2v) is 7.30. The molecule has 0 bridgehead atoms. The highest BCUT2D eigenvalue weighted by Gasteiger charge is 2.24. The summed E-state index contributed by atoms with van der Waals surface area (Å²) in [6, 6.07) is 8.77. The van der Waals surface area contributed by atoms with Gasteiger partial charge in [0.05, 0.1) is 9.58 Å². The summed E-state index contributed by atoms with van der Waals surface area (Å²) in [5.74, 6) is -0.188. The van der Waals surface area contributed by atoms with Gasteiger partial charge in [0.15, 0.2) is 5.13 Å². The lowest BCUT2D eigenvalue weighted by molar-refractivity contribution is 0.0751. The van der Waals surface area contributed by atoms with Crippen LogP contribution in [0.15, 0.2) is 35.7 Å². The average molecular weight is 347 g/mol. The lowest BCUT2D eigenvalue weighted by atomic mass is 10.3. The second kappa shape index (κ2) is 5.90. The molecule has 1 amide bonds. The molecule has 2 aromatic heterocycles. The molecule has 0 atom stereocenters. The van der Waals surface area contributed by atoms with Crippen LogP contribution in [0.2, 0.25) is 0 Å². The fourth-order valence-corrected chi connectivity index (χ4v) is 4.42. The van der Waals surface area contributed by atoms with Crippen LogP contribution in [0, 0.1) is 5.82 Å². The number of rotatable bonds is 2. The summed E-state index contributed by atoms with van der Waals surface area (Å²) in [6.45, 7) is 2.77. The van der Waals surface area contributed by atoms with E-state index in [9.17, 15) is 9.18 Å². The van der Waals surface area contributed by atoms with E-state index in [4.69, 9.17) is 0 Å². The summed E-state index contributed by atoms with van der Waals surface area (Å²) in [7, 11) is 0. The van der Waals surface area contributed by atoms with Crippen molar-refractivity contribution in [2.24, 2.45) is 0 Å². The summed E-state index contributed by atoms with van der Waals surface area (Å²) >= 11 is 2.97. The van der Waals surface area contributed by atoms with Gasteiger partial charge in [-0.15, -0.1) is 11.3 Å². The van der Waals surface area contributed by atoms with Crippen LogP contribution >= 0.6 is 22.7 Å². The molecule has 4 nitrogen and oxygen atoms in total. The number of piperazine rings is 1. The molecule has 1 aliphatic rings. The zero-order chi connectivity index (χ0) is 15.8. The van der Waals surface area contributed by atoms with Crippen LogP contribution in [0.25, 0.3) is 10.2 Å². The summed E-state index contributed by atoms with van der Waals surface area (Å²) in [6.07, 6.45) is 0. The Morgan fingerprint density at radius 3 is 2.65 bits per heavy atom. The molecular formula is C16H14FN3OS2. The third kappa shape index (κ3) is 2.70. The minimum absolute atomic E-state index is 0.0926. The van der Waals surface area contributed by atoms with Crippen molar-refractivity contribution in [1.82, 2.24) is 9.88 Å². The fourth-order valence-electron chi connectivity index (χ4n) is 2.70. The predicted octanol–water partition coefficient (Wildman–Crippen LogP) is 3.46. The van der Waals surface area contributed by atoms with E-state index in [1.165, 1.54) is 28.7 Å². The molecule has 118 valence electrons. The molecule has 4 rings (SSSR count). The first kappa shape index (κ1) is 14.6. The Balaban J connectivity index is 1.48. The van der Waals surface area contributed by atoms with Gasteiger partial charge in [0, 0.05) is 26.2 Å². The summed E-state index contributed by atoms with van der Waals surface area (Å²) in [5.41, 5.74) is 0.435. The van der Waals surface area contributed by atoms with Gasteiger partial charge < -0.3 is 9.80 Å². The molecule has 1 aliphatic heterocycles. The first-order valence-electron chi connectivity index (χ1n) is 7.35. The van der Waals surface area contributed by atoms with E-state index >= 15 is 0 Å². The summed E-state index contributed by atoms with van der Waals surface area (Å²) < 4.78 is 14.6. The van der Waals surface area contributed by atoms with Crippen molar-refractivity contribution in [3.63, 3.8) is 0 Å². The summed E-state index contributed by atoms with van der Waals surface area (Å²) in [5, 5.41) is 2.74. The van der Waals surface area contributed by atoms with Gasteiger partial charge in [-0.05, 0) is 23.6 Å². The number of aromatic nitrogens is 1. The number of hydrogen-bond donors (Lipinski definition) is 0. The van der Waals surface area contributed by atoms with Gasteiger partial charge in [0.2, 0.25) is 0 Å². The van der Waals surface area contributed by atoms with Crippen LogP contribution in [0.4, 0.5) is 9.52 Å². The van der Waals surface area contributed by atoms with Crippen molar-refractivity contribution in [2.45, 2.75) is 0 Å². The van der Waals surface area contributed by atoms with Crippen LogP contribution in [0.5, 0.6) is 0 Å². The van der Waals surface area contributed by atoms with Gasteiger partial charge >= 0.3 is 0 Å². The standard InChI is InChI=1S/C16H14FN3OS2/c17-11-3-1-4-12-14(11)18-16(23-12)20-8-6-19(7-9-20)15(21)13-5-2-10-22-13/h1-5,10H,6-9H2. The first-order valence-corrected chi connectivity index (χ1v) is 9.05. The highest BCUT2D eigenvalue weighted by molar-refractivity contribution is 7.22. The number of benzene rings is 1. The monoisotopic (exact) mass is 347 g/mol. The van der Waals surface area contributed by atoms with Crippen molar-refractivity contribution in [3.8, 4) is 0 Å². The van der Waals surface area contributed by atoms with E-state index in [2.05, 4.69) is 9.88 Å². The smallest absolute Gasteiger partial charge is 0.264 e. The molecule has 7 heteroatoms. The number of anilines is 1. The molecule has 0 aliphatic carbocycles. The minimum Gasteiger partial charge on any atom is -0.345 e. The van der Waals surface area contributed by atoms with E-state index in [0.717, 1.165) is 27.8 Å². The number of halogens is 1. The Morgan fingerprint density at radius 2 is 1.96 bits per heavy atom. The Hall–Kier alpha value is -1.99. The van der Waals surface area contributed by atoms with Gasteiger partial charge in [-0.3, -0.25) is 4.79 Å². The molecule has 0 N–H and O–H groups in total. The molecular weight excluding hydrogens is 333 g/mol. The van der Waals surface area contributed by atoms with Crippen LogP contribution < -0.4 is 4.90 Å². The van der Waals surface area contributed by atoms with Crippen molar-refractivity contribution in [1.29, 1.82) is 0 Å². The number of fused-ring (bicyclic) bond motifs is 1. The van der Waals surface area contributed by atoms with Crippen molar-refractivity contribution < 1.29 is 9.18 Å². The molecule has 0 radical (unpaired) electrons. The van der Waals surface area contributed by atoms with E-state index in [1.807, 2.05) is 28.5 Å². The molecule has 0 spiro atoms. The Bertz CT molecular complexity index is 838. The maximum atomic E-state index is 13.8. The van der Waals surface area contributed by atoms with E-state index in [0.29, 0.717) is 18.6 Å². The molecule has 0 unspecified atom stereocenters. The van der Waals surface area contributed by atoms with Gasteiger partial charge in [-0.25, -0.2) is 9.37 Å². The number of thiazole rings is 1. The van der Waals surface area contributed by atoms with Crippen molar-refractivity contribution >= 4 is 43.9 Å². The molecule has 1 saturated heterocycles. The highest BCUT2D eigenvalue weighted by atomic mass is 32.1. The number of amides is 1. The number of carbonyl (C=O) groups excluding carboxylic acids is 1. The van der Waals surface area contributed by atoms with Gasteiger partial charge in [0.25, 0.3) is 5.91 Å². The van der Waals surface area contributed by atoms with Gasteiger partial charge in [-0.1, -0.05) is 23.5 Å². The molecule has 1 fully saturated rings. The third-order valence-electron chi connectivity index (χ3n) is 3.93. The van der Waals surface area contributed by atoms with Crippen LogP contribution in [-0.2, 0) is 0 Å². The lowest BCUT2D eigenvalue weighted by Crippen LogP contribution is -2.48. The molecule has 23 heavy (non-hydrogen) atoms. The summed E-state index contributed by atoms with van der Waals surface area (Å²) in [4.78, 5) is 21.5. The number of carbonyl (C=O) groups is 1. The molecule has 3 aromatic rings. The van der Waals surface area contributed by atoms with Gasteiger partial charge in [-0.2, -0.15) is 0 Å². The quantitative estimate of drug-likeness (QED) is 0.712. The Kier molecular flexibility index (Phi) is 3.74. The van der Waals surface area contributed by atoms with Crippen LogP contribution in [0.3, 0.4) is 0 Å². The topological polar surface area (TPSA) is 36.4 Å². The molecule has 3 heterocycles. The van der Waals surface area contributed by atoms with Crippen molar-refractivity contribution in [3.05, 3.63) is 46.4 Å². The lowest BCUT2D eigenvalue weighted by Gasteiger charge is -2.34. The minimum atomic E-state index is -0.281. The first-order chi connectivity index (χ1) is 11.2. The molecule has 0 saturated carbocycles. The third-order valence-corrected chi connectivity index (χ3v) is 5.87. The fraction of sp³-hybridized carbons (Fsp3) is 0.250. The predicted molar refractivity (Wildman–Crippen MR) is 92.0 cm³/mol. The van der Waals surface area contributed by atoms with Crippen molar-refractivity contribution in [2.75, 3.05) is 31.1 Å². The zero-order valence-corrected chi connectivity index (χ0v) is 13.9. The van der Waals surface area contributed by atoms with Gasteiger partial charge in [0.1, 0.15) is 11.3 Å². The zero-order valence-electron chi connectivity index (χ0n) is 12.2.